The second-order valence-corrected chi connectivity index (χ2v) is 15.4. The molecule has 39 heavy (non-hydrogen) atoms. The molecule has 5 aliphatic rings. The van der Waals surface area contributed by atoms with Crippen molar-refractivity contribution >= 4 is 12.4 Å². The fourth-order valence-corrected chi connectivity index (χ4v) is 10.4. The third-order valence-electron chi connectivity index (χ3n) is 11.7. The second-order valence-electron chi connectivity index (χ2n) is 15.4. The largest absolute Gasteiger partial charge is 0.480 e. The van der Waals surface area contributed by atoms with Crippen LogP contribution in [0.3, 0.4) is 0 Å². The van der Waals surface area contributed by atoms with Crippen molar-refractivity contribution in [3.8, 4) is 0 Å². The Balaban J connectivity index is 0.000000320. The van der Waals surface area contributed by atoms with Crippen molar-refractivity contribution in [1.82, 2.24) is 5.32 Å². The number of carboxylic acid groups (broad SMARTS) is 1. The first-order chi connectivity index (χ1) is 18.3. The van der Waals surface area contributed by atoms with Gasteiger partial charge >= 0.3 is 5.97 Å². The first-order valence-corrected chi connectivity index (χ1v) is 16.7. The van der Waals surface area contributed by atoms with E-state index in [1.165, 1.54) is 25.7 Å². The average Bonchev–Trinajstić information content (AvgIpc) is 3.25. The van der Waals surface area contributed by atoms with Gasteiger partial charge in [-0.05, 0) is 115 Å². The van der Waals surface area contributed by atoms with Gasteiger partial charge in [-0.2, -0.15) is 0 Å². The lowest BCUT2D eigenvalue weighted by Gasteiger charge is -2.67. The monoisotopic (exact) mass is 547 g/mol. The highest BCUT2D eigenvalue weighted by molar-refractivity contribution is 5.71. The molecule has 1 amide bonds. The molecular formula is C35H65NO3. The summed E-state index contributed by atoms with van der Waals surface area (Å²) in [7, 11) is 0. The average molecular weight is 548 g/mol. The van der Waals surface area contributed by atoms with E-state index in [1.807, 2.05) is 5.32 Å². The van der Waals surface area contributed by atoms with Crippen LogP contribution in [-0.4, -0.2) is 24.0 Å². The van der Waals surface area contributed by atoms with Gasteiger partial charge in [-0.15, -0.1) is 0 Å². The second kappa shape index (κ2) is 14.7. The van der Waals surface area contributed by atoms with E-state index in [1.54, 1.807) is 57.8 Å². The van der Waals surface area contributed by atoms with Gasteiger partial charge in [0.15, 0.2) is 0 Å². The fourth-order valence-electron chi connectivity index (χ4n) is 10.4. The summed E-state index contributed by atoms with van der Waals surface area (Å²) in [6, 6.07) is 0. The van der Waals surface area contributed by atoms with Crippen molar-refractivity contribution in [3.63, 3.8) is 0 Å². The van der Waals surface area contributed by atoms with Gasteiger partial charge in [0.25, 0.3) is 0 Å². The lowest BCUT2D eigenvalue weighted by Crippen LogP contribution is -2.59. The molecule has 5 saturated carbocycles. The molecule has 228 valence electrons. The quantitative estimate of drug-likeness (QED) is 0.346. The molecule has 4 heteroatoms. The number of carbonyl (C=O) groups excluding carboxylic acids is 1. The highest BCUT2D eigenvalue weighted by Crippen LogP contribution is 2.71. The summed E-state index contributed by atoms with van der Waals surface area (Å²) in [6.07, 6.45) is 20.2. The summed E-state index contributed by atoms with van der Waals surface area (Å²) in [5.41, 5.74) is 2.08. The van der Waals surface area contributed by atoms with Gasteiger partial charge < -0.3 is 10.4 Å². The van der Waals surface area contributed by atoms with Gasteiger partial charge in [0.2, 0.25) is 6.41 Å². The Bertz CT molecular complexity index is 764. The van der Waals surface area contributed by atoms with E-state index in [9.17, 15) is 9.59 Å². The molecule has 4 nitrogen and oxygen atoms in total. The van der Waals surface area contributed by atoms with Gasteiger partial charge in [0, 0.05) is 0 Å². The van der Waals surface area contributed by atoms with E-state index in [2.05, 4.69) is 62.3 Å². The Morgan fingerprint density at radius 2 is 1.41 bits per heavy atom. The van der Waals surface area contributed by atoms with Gasteiger partial charge in [-0.25, -0.2) is 0 Å². The van der Waals surface area contributed by atoms with Crippen LogP contribution >= 0.6 is 0 Å². The minimum absolute atomic E-state index is 0.302. The molecule has 0 bridgehead atoms. The van der Waals surface area contributed by atoms with Gasteiger partial charge in [0.1, 0.15) is 6.54 Å². The molecule has 0 aliphatic heterocycles. The van der Waals surface area contributed by atoms with Crippen molar-refractivity contribution in [1.29, 1.82) is 0 Å². The first kappa shape index (κ1) is 34.1. The lowest BCUT2D eigenvalue weighted by molar-refractivity contribution is -0.181. The normalized spacial score (nSPS) is 41.8. The number of aliphatic carboxylic acids is 1. The Labute approximate surface area is 242 Å². The molecule has 0 spiro atoms. The summed E-state index contributed by atoms with van der Waals surface area (Å²) in [6.45, 7) is 21.2. The molecule has 9 unspecified atom stereocenters. The maximum Gasteiger partial charge on any atom is 0.322 e. The van der Waals surface area contributed by atoms with Crippen LogP contribution in [0.15, 0.2) is 0 Å². The molecule has 5 rings (SSSR count). The van der Waals surface area contributed by atoms with Crippen LogP contribution in [0.4, 0.5) is 0 Å². The van der Waals surface area contributed by atoms with Crippen LogP contribution in [-0.2, 0) is 9.59 Å². The number of amides is 1. The minimum Gasteiger partial charge on any atom is -0.480 e. The van der Waals surface area contributed by atoms with Crippen LogP contribution in [0.2, 0.25) is 0 Å². The lowest BCUT2D eigenvalue weighted by atomic mass is 9.38. The molecular weight excluding hydrogens is 482 g/mol. The van der Waals surface area contributed by atoms with Crippen molar-refractivity contribution in [2.24, 2.45) is 57.7 Å². The number of hydrogen-bond donors (Lipinski definition) is 2. The Kier molecular flexibility index (Phi) is 12.9. The molecule has 0 heterocycles. The standard InChI is InChI=1S/C25H42.C4H10.C3H5NO3.C3H8/c1-17-7-5-14-24(3)19(17)12-16-25(4)21-11-15-23(2)13-6-8-20(23)18(21)9-10-22(24)25;1-4(2)3;5-2-4-1-3(6)7;1-3-2/h17-22H,5-16H2,1-4H3;4H,1-3H3;2H,1H2,(H,4,5)(H,6,7);3H2,1-2H3. The van der Waals surface area contributed by atoms with Crippen molar-refractivity contribution in [2.75, 3.05) is 6.54 Å². The highest BCUT2D eigenvalue weighted by Gasteiger charge is 2.63. The zero-order chi connectivity index (χ0) is 29.4. The smallest absolute Gasteiger partial charge is 0.322 e. The van der Waals surface area contributed by atoms with E-state index in [-0.39, 0.29) is 6.54 Å². The number of carbonyl (C=O) groups is 2. The molecule has 0 saturated heterocycles. The van der Waals surface area contributed by atoms with E-state index in [0.717, 1.165) is 46.8 Å². The summed E-state index contributed by atoms with van der Waals surface area (Å²) in [5.74, 6) is 6.10. The number of fused-ring (bicyclic) bond motifs is 7. The predicted octanol–water partition coefficient (Wildman–Crippen LogP) is 9.37. The van der Waals surface area contributed by atoms with Crippen LogP contribution < -0.4 is 5.32 Å². The molecule has 5 fully saturated rings. The zero-order valence-corrected chi connectivity index (χ0v) is 27.3. The zero-order valence-electron chi connectivity index (χ0n) is 27.3. The number of hydrogen-bond acceptors (Lipinski definition) is 2. The van der Waals surface area contributed by atoms with E-state index < -0.39 is 5.97 Å². The SMILES string of the molecule is CC(C)C.CC1CCCC2(C)C1CCC1(C)C3CCC4(C)CCCC4C3CCC21.CCC.O=CNCC(=O)O. The summed E-state index contributed by atoms with van der Waals surface area (Å²) in [4.78, 5) is 18.9. The maximum atomic E-state index is 9.54. The van der Waals surface area contributed by atoms with Crippen molar-refractivity contribution in [2.45, 2.75) is 146 Å². The minimum atomic E-state index is -1.04. The summed E-state index contributed by atoms with van der Waals surface area (Å²) >= 11 is 0. The van der Waals surface area contributed by atoms with Gasteiger partial charge in [-0.1, -0.05) is 88.0 Å². The molecule has 9 atom stereocenters. The van der Waals surface area contributed by atoms with Crippen LogP contribution in [0.25, 0.3) is 0 Å². The van der Waals surface area contributed by atoms with Gasteiger partial charge in [0.05, 0.1) is 0 Å². The number of carboxylic acids is 1. The third kappa shape index (κ3) is 7.82. The molecule has 5 aliphatic carbocycles. The molecule has 0 aromatic rings. The predicted molar refractivity (Wildman–Crippen MR) is 165 cm³/mol. The number of nitrogens with one attached hydrogen (secondary N) is 1. The van der Waals surface area contributed by atoms with Crippen LogP contribution in [0.5, 0.6) is 0 Å². The Morgan fingerprint density at radius 1 is 0.846 bits per heavy atom. The fraction of sp³-hybridized carbons (Fsp3) is 0.943. The molecule has 2 N–H and O–H groups in total. The van der Waals surface area contributed by atoms with Crippen LogP contribution in [0.1, 0.15) is 146 Å². The molecule has 0 aromatic carbocycles. The topological polar surface area (TPSA) is 66.4 Å². The van der Waals surface area contributed by atoms with E-state index >= 15 is 0 Å². The van der Waals surface area contributed by atoms with E-state index in [0.29, 0.717) is 17.2 Å². The summed E-state index contributed by atoms with van der Waals surface area (Å²) in [5, 5.41) is 9.79. The Morgan fingerprint density at radius 3 is 1.97 bits per heavy atom. The van der Waals surface area contributed by atoms with E-state index in [4.69, 9.17) is 5.11 Å². The van der Waals surface area contributed by atoms with Crippen molar-refractivity contribution in [3.05, 3.63) is 0 Å². The molecule has 0 aromatic heterocycles. The Hall–Kier alpha value is -1.06. The maximum absolute atomic E-state index is 9.54. The first-order valence-electron chi connectivity index (χ1n) is 16.7. The summed E-state index contributed by atoms with van der Waals surface area (Å²) < 4.78 is 0. The van der Waals surface area contributed by atoms with Crippen molar-refractivity contribution < 1.29 is 14.7 Å². The number of rotatable bonds is 3. The highest BCUT2D eigenvalue weighted by atomic mass is 16.4. The van der Waals surface area contributed by atoms with Crippen LogP contribution in [0, 0.1) is 57.7 Å². The molecule has 0 radical (unpaired) electrons. The van der Waals surface area contributed by atoms with Gasteiger partial charge in [-0.3, -0.25) is 9.59 Å². The third-order valence-corrected chi connectivity index (χ3v) is 11.7.